The molecule has 0 aliphatic carbocycles. The van der Waals surface area contributed by atoms with Crippen LogP contribution >= 0.6 is 0 Å². The minimum absolute atomic E-state index is 0.122. The molecule has 0 saturated heterocycles. The Morgan fingerprint density at radius 1 is 1.04 bits per heavy atom. The van der Waals surface area contributed by atoms with Gasteiger partial charge in [0.2, 0.25) is 6.54 Å². The largest absolute Gasteiger partial charge is 0.461 e. The van der Waals surface area contributed by atoms with E-state index in [1.807, 2.05) is 60.7 Å². The molecule has 2 rings (SSSR count). The van der Waals surface area contributed by atoms with E-state index in [-0.39, 0.29) is 36.4 Å². The van der Waals surface area contributed by atoms with Crippen molar-refractivity contribution in [1.29, 1.82) is 0 Å². The van der Waals surface area contributed by atoms with Gasteiger partial charge in [0.15, 0.2) is 0 Å². The van der Waals surface area contributed by atoms with Crippen LogP contribution in [-0.2, 0) is 16.1 Å². The average molecular weight is 327 g/mol. The first-order chi connectivity index (χ1) is 11.6. The molecule has 0 unspecified atom stereocenters. The molecule has 0 N–H and O–H groups in total. The van der Waals surface area contributed by atoms with Crippen LogP contribution in [0.15, 0.2) is 60.7 Å². The summed E-state index contributed by atoms with van der Waals surface area (Å²) in [6.45, 7) is 0.139. The average Bonchev–Trinajstić information content (AvgIpc) is 2.60. The molecule has 1 atom stereocenters. The minimum atomic E-state index is -0.300. The zero-order chi connectivity index (χ0) is 17.2. The lowest BCUT2D eigenvalue weighted by Crippen LogP contribution is -2.13. The Morgan fingerprint density at radius 3 is 2.29 bits per heavy atom. The molecule has 2 aromatic carbocycles. The van der Waals surface area contributed by atoms with Crippen molar-refractivity contribution in [3.8, 4) is 0 Å². The van der Waals surface area contributed by atoms with Gasteiger partial charge in [0.25, 0.3) is 0 Å². The highest BCUT2D eigenvalue weighted by molar-refractivity contribution is 5.69. The third-order valence-corrected chi connectivity index (χ3v) is 3.82. The molecule has 0 bridgehead atoms. The van der Waals surface area contributed by atoms with E-state index in [0.29, 0.717) is 12.8 Å². The lowest BCUT2D eigenvalue weighted by atomic mass is 9.93. The van der Waals surface area contributed by atoms with Crippen LogP contribution in [0.1, 0.15) is 36.3 Å². The first-order valence-electron chi connectivity index (χ1n) is 8.01. The molecule has 0 amide bonds. The van der Waals surface area contributed by atoms with Gasteiger partial charge in [-0.2, -0.15) is 0 Å². The Bertz CT molecular complexity index is 643. The van der Waals surface area contributed by atoms with Crippen LogP contribution in [0.4, 0.5) is 0 Å². The summed E-state index contributed by atoms with van der Waals surface area (Å²) >= 11 is 0. The lowest BCUT2D eigenvalue weighted by Gasteiger charge is -2.13. The molecule has 126 valence electrons. The summed E-state index contributed by atoms with van der Waals surface area (Å²) in [7, 11) is 0. The van der Waals surface area contributed by atoms with Crippen molar-refractivity contribution in [2.45, 2.75) is 31.8 Å². The maximum absolute atomic E-state index is 11.8. The highest BCUT2D eigenvalue weighted by atomic mass is 16.6. The molecular formula is C19H21NO4. The summed E-state index contributed by atoms with van der Waals surface area (Å²) in [5.41, 5.74) is 1.88. The van der Waals surface area contributed by atoms with E-state index >= 15 is 0 Å². The van der Waals surface area contributed by atoms with Crippen molar-refractivity contribution >= 4 is 5.97 Å². The number of nitrogens with zero attached hydrogens (tertiary/aromatic N) is 1. The van der Waals surface area contributed by atoms with Crippen LogP contribution in [0.2, 0.25) is 0 Å². The fraction of sp³-hybridized carbons (Fsp3) is 0.316. The van der Waals surface area contributed by atoms with Gasteiger partial charge in [0, 0.05) is 17.3 Å². The predicted octanol–water partition coefficient (Wildman–Crippen LogP) is 3.96. The molecule has 5 heteroatoms. The van der Waals surface area contributed by atoms with Gasteiger partial charge in [-0.3, -0.25) is 14.9 Å². The maximum Gasteiger partial charge on any atom is 0.306 e. The van der Waals surface area contributed by atoms with E-state index in [2.05, 4.69) is 0 Å². The van der Waals surface area contributed by atoms with Gasteiger partial charge in [-0.15, -0.1) is 0 Å². The van der Waals surface area contributed by atoms with Crippen molar-refractivity contribution in [2.75, 3.05) is 6.54 Å². The van der Waals surface area contributed by atoms with Gasteiger partial charge in [0.1, 0.15) is 6.61 Å². The second-order valence-corrected chi connectivity index (χ2v) is 5.66. The van der Waals surface area contributed by atoms with Crippen LogP contribution in [-0.4, -0.2) is 17.4 Å². The molecule has 0 aliphatic rings. The number of carbonyl (C=O) groups excluding carboxylic acids is 1. The lowest BCUT2D eigenvalue weighted by molar-refractivity contribution is -0.483. The molecule has 0 aromatic heterocycles. The first-order valence-corrected chi connectivity index (χ1v) is 8.01. The van der Waals surface area contributed by atoms with Crippen LogP contribution in [0, 0.1) is 10.1 Å². The van der Waals surface area contributed by atoms with Crippen LogP contribution < -0.4 is 0 Å². The third-order valence-electron chi connectivity index (χ3n) is 3.82. The summed E-state index contributed by atoms with van der Waals surface area (Å²) < 4.78 is 5.22. The van der Waals surface area contributed by atoms with Crippen LogP contribution in [0.3, 0.4) is 0 Å². The number of benzene rings is 2. The Kier molecular flexibility index (Phi) is 6.95. The summed E-state index contributed by atoms with van der Waals surface area (Å²) in [4.78, 5) is 22.4. The predicted molar refractivity (Wildman–Crippen MR) is 91.1 cm³/mol. The summed E-state index contributed by atoms with van der Waals surface area (Å²) in [6.07, 6.45) is 1.43. The second kappa shape index (κ2) is 9.45. The van der Waals surface area contributed by atoms with Crippen molar-refractivity contribution in [3.63, 3.8) is 0 Å². The Hall–Kier alpha value is -2.69. The number of esters is 1. The molecule has 0 heterocycles. The molecular weight excluding hydrogens is 306 g/mol. The van der Waals surface area contributed by atoms with Crippen molar-refractivity contribution in [1.82, 2.24) is 0 Å². The van der Waals surface area contributed by atoms with E-state index < -0.39 is 0 Å². The molecule has 0 radical (unpaired) electrons. The molecule has 0 spiro atoms. The van der Waals surface area contributed by atoms with Gasteiger partial charge in [-0.05, 0) is 24.0 Å². The SMILES string of the molecule is O=C(CCC[C@H](C[N+](=O)[O-])c1ccccc1)OCc1ccccc1. The molecule has 0 saturated carbocycles. The van der Waals surface area contributed by atoms with Crippen molar-refractivity contribution in [2.24, 2.45) is 0 Å². The summed E-state index contributed by atoms with van der Waals surface area (Å²) in [5, 5.41) is 10.9. The third kappa shape index (κ3) is 6.20. The zero-order valence-electron chi connectivity index (χ0n) is 13.5. The van der Waals surface area contributed by atoms with E-state index in [0.717, 1.165) is 11.1 Å². The van der Waals surface area contributed by atoms with E-state index in [1.165, 1.54) is 0 Å². The molecule has 0 fully saturated rings. The Balaban J connectivity index is 1.77. The number of carbonyl (C=O) groups is 1. The van der Waals surface area contributed by atoms with Gasteiger partial charge in [-0.25, -0.2) is 0 Å². The fourth-order valence-electron chi connectivity index (χ4n) is 2.57. The number of hydrogen-bond acceptors (Lipinski definition) is 4. The Morgan fingerprint density at radius 2 is 1.67 bits per heavy atom. The van der Waals surface area contributed by atoms with E-state index in [4.69, 9.17) is 4.74 Å². The van der Waals surface area contributed by atoms with E-state index in [9.17, 15) is 14.9 Å². The Labute approximate surface area is 141 Å². The highest BCUT2D eigenvalue weighted by Gasteiger charge is 2.18. The minimum Gasteiger partial charge on any atom is -0.461 e. The van der Waals surface area contributed by atoms with Crippen LogP contribution in [0.25, 0.3) is 0 Å². The monoisotopic (exact) mass is 327 g/mol. The molecule has 0 aliphatic heterocycles. The van der Waals surface area contributed by atoms with Gasteiger partial charge >= 0.3 is 5.97 Å². The van der Waals surface area contributed by atoms with Crippen molar-refractivity contribution in [3.05, 3.63) is 81.9 Å². The summed E-state index contributed by atoms with van der Waals surface area (Å²) in [5.74, 6) is -0.449. The van der Waals surface area contributed by atoms with Gasteiger partial charge < -0.3 is 4.74 Å². The summed E-state index contributed by atoms with van der Waals surface area (Å²) in [6, 6.07) is 18.9. The normalized spacial score (nSPS) is 11.7. The quantitative estimate of drug-likeness (QED) is 0.397. The van der Waals surface area contributed by atoms with Gasteiger partial charge in [-0.1, -0.05) is 60.7 Å². The fourth-order valence-corrected chi connectivity index (χ4v) is 2.57. The smallest absolute Gasteiger partial charge is 0.306 e. The molecule has 5 nitrogen and oxygen atoms in total. The van der Waals surface area contributed by atoms with Crippen LogP contribution in [0.5, 0.6) is 0 Å². The maximum atomic E-state index is 11.8. The number of ether oxygens (including phenoxy) is 1. The first kappa shape index (κ1) is 17.7. The topological polar surface area (TPSA) is 69.4 Å². The standard InChI is InChI=1S/C19H21NO4/c21-19(24-15-16-8-3-1-4-9-16)13-7-12-18(14-20(22)23)17-10-5-2-6-11-17/h1-6,8-11,18H,7,12-15H2/t18-/m1/s1. The second-order valence-electron chi connectivity index (χ2n) is 5.66. The number of nitro groups is 1. The molecule has 24 heavy (non-hydrogen) atoms. The number of hydrogen-bond donors (Lipinski definition) is 0. The zero-order valence-corrected chi connectivity index (χ0v) is 13.5. The number of rotatable bonds is 9. The highest BCUT2D eigenvalue weighted by Crippen LogP contribution is 2.22. The van der Waals surface area contributed by atoms with E-state index in [1.54, 1.807) is 0 Å². The molecule has 2 aromatic rings. The van der Waals surface area contributed by atoms with Gasteiger partial charge in [0.05, 0.1) is 0 Å². The van der Waals surface area contributed by atoms with Crippen molar-refractivity contribution < 1.29 is 14.5 Å².